The van der Waals surface area contributed by atoms with E-state index in [2.05, 4.69) is 10.1 Å². The summed E-state index contributed by atoms with van der Waals surface area (Å²) in [6.07, 6.45) is 3.15. The van der Waals surface area contributed by atoms with E-state index in [0.717, 1.165) is 0 Å². The maximum atomic E-state index is 14.0. The normalized spacial score (nSPS) is 10.5. The lowest BCUT2D eigenvalue weighted by molar-refractivity contribution is 0.0461. The van der Waals surface area contributed by atoms with Crippen LogP contribution in [0.3, 0.4) is 0 Å². The van der Waals surface area contributed by atoms with Crippen LogP contribution in [0, 0.1) is 12.7 Å². The molecule has 3 aromatic rings. The van der Waals surface area contributed by atoms with Crippen molar-refractivity contribution in [2.24, 2.45) is 0 Å². The lowest BCUT2D eigenvalue weighted by atomic mass is 10.2. The van der Waals surface area contributed by atoms with Crippen molar-refractivity contribution in [3.05, 3.63) is 87.9 Å². The first-order valence-electron chi connectivity index (χ1n) is 7.48. The highest BCUT2D eigenvalue weighted by Crippen LogP contribution is 2.13. The number of para-hydroxylation sites is 1. The highest BCUT2D eigenvalue weighted by molar-refractivity contribution is 5.86. The SMILES string of the molecule is Cc1cc(=O)c(C(=O)OCc2cccnc2)nn1-c1ccccc1F. The number of aryl methyl sites for hydroxylation is 1. The number of aromatic nitrogens is 3. The number of carbonyl (C=O) groups is 1. The van der Waals surface area contributed by atoms with E-state index in [9.17, 15) is 14.0 Å². The van der Waals surface area contributed by atoms with Crippen molar-refractivity contribution < 1.29 is 13.9 Å². The lowest BCUT2D eigenvalue weighted by Crippen LogP contribution is -2.24. The molecule has 0 N–H and O–H groups in total. The van der Waals surface area contributed by atoms with E-state index >= 15 is 0 Å². The van der Waals surface area contributed by atoms with Crippen LogP contribution in [-0.4, -0.2) is 20.7 Å². The Balaban J connectivity index is 1.91. The number of hydrogen-bond acceptors (Lipinski definition) is 5. The Morgan fingerprint density at radius 1 is 1.24 bits per heavy atom. The van der Waals surface area contributed by atoms with E-state index in [1.54, 1.807) is 43.6 Å². The molecule has 0 saturated carbocycles. The van der Waals surface area contributed by atoms with Gasteiger partial charge in [0.1, 0.15) is 18.1 Å². The second-order valence-electron chi connectivity index (χ2n) is 5.30. The first-order valence-corrected chi connectivity index (χ1v) is 7.48. The number of halogens is 1. The predicted octanol–water partition coefficient (Wildman–Crippen LogP) is 2.43. The Labute approximate surface area is 142 Å². The van der Waals surface area contributed by atoms with Crippen LogP contribution in [0.25, 0.3) is 5.69 Å². The molecule has 2 aromatic heterocycles. The van der Waals surface area contributed by atoms with E-state index in [1.165, 1.54) is 22.9 Å². The molecule has 0 amide bonds. The van der Waals surface area contributed by atoms with Gasteiger partial charge in [-0.3, -0.25) is 9.78 Å². The van der Waals surface area contributed by atoms with Crippen LogP contribution in [0.2, 0.25) is 0 Å². The number of hydrogen-bond donors (Lipinski definition) is 0. The number of rotatable bonds is 4. The van der Waals surface area contributed by atoms with Gasteiger partial charge in [0.15, 0.2) is 0 Å². The maximum absolute atomic E-state index is 14.0. The molecule has 2 heterocycles. The minimum Gasteiger partial charge on any atom is -0.456 e. The van der Waals surface area contributed by atoms with E-state index in [4.69, 9.17) is 4.74 Å². The molecule has 0 spiro atoms. The molecule has 0 aliphatic heterocycles. The van der Waals surface area contributed by atoms with Crippen LogP contribution in [0.4, 0.5) is 4.39 Å². The van der Waals surface area contributed by atoms with Gasteiger partial charge >= 0.3 is 5.97 Å². The van der Waals surface area contributed by atoms with Crippen LogP contribution in [0.15, 0.2) is 59.7 Å². The van der Waals surface area contributed by atoms with Crippen LogP contribution < -0.4 is 5.43 Å². The fraction of sp³-hybridized carbons (Fsp3) is 0.111. The van der Waals surface area contributed by atoms with Crippen molar-refractivity contribution >= 4 is 5.97 Å². The molecular formula is C18H14FN3O3. The summed E-state index contributed by atoms with van der Waals surface area (Å²) in [5, 5.41) is 3.99. The summed E-state index contributed by atoms with van der Waals surface area (Å²) in [5.41, 5.74) is 0.233. The van der Waals surface area contributed by atoms with E-state index in [-0.39, 0.29) is 12.3 Å². The molecule has 0 saturated heterocycles. The topological polar surface area (TPSA) is 74.1 Å². The Kier molecular flexibility index (Phi) is 4.65. The molecule has 0 bridgehead atoms. The monoisotopic (exact) mass is 339 g/mol. The highest BCUT2D eigenvalue weighted by Gasteiger charge is 2.18. The third kappa shape index (κ3) is 3.60. The Hall–Kier alpha value is -3.35. The average molecular weight is 339 g/mol. The van der Waals surface area contributed by atoms with Gasteiger partial charge in [-0.2, -0.15) is 5.10 Å². The van der Waals surface area contributed by atoms with E-state index in [0.29, 0.717) is 11.3 Å². The zero-order chi connectivity index (χ0) is 17.8. The van der Waals surface area contributed by atoms with Crippen molar-refractivity contribution in [3.8, 4) is 5.69 Å². The smallest absolute Gasteiger partial charge is 0.363 e. The quantitative estimate of drug-likeness (QED) is 0.683. The van der Waals surface area contributed by atoms with Crippen molar-refractivity contribution in [1.82, 2.24) is 14.8 Å². The van der Waals surface area contributed by atoms with Crippen LogP contribution >= 0.6 is 0 Å². The molecule has 0 aliphatic carbocycles. The van der Waals surface area contributed by atoms with Crippen LogP contribution in [-0.2, 0) is 11.3 Å². The summed E-state index contributed by atoms with van der Waals surface area (Å²) in [7, 11) is 0. The number of ether oxygens (including phenoxy) is 1. The molecule has 0 atom stereocenters. The van der Waals surface area contributed by atoms with E-state index < -0.39 is 22.9 Å². The number of pyridine rings is 1. The van der Waals surface area contributed by atoms with Gasteiger partial charge in [-0.15, -0.1) is 0 Å². The van der Waals surface area contributed by atoms with Gasteiger partial charge in [0.05, 0.1) is 0 Å². The van der Waals surface area contributed by atoms with Gasteiger partial charge in [-0.05, 0) is 25.1 Å². The molecule has 6 nitrogen and oxygen atoms in total. The first kappa shape index (κ1) is 16.5. The molecule has 25 heavy (non-hydrogen) atoms. The fourth-order valence-electron chi connectivity index (χ4n) is 2.26. The number of benzene rings is 1. The summed E-state index contributed by atoms with van der Waals surface area (Å²) < 4.78 is 20.3. The number of nitrogens with zero attached hydrogens (tertiary/aromatic N) is 3. The fourth-order valence-corrected chi connectivity index (χ4v) is 2.26. The largest absolute Gasteiger partial charge is 0.456 e. The standard InChI is InChI=1S/C18H14FN3O3/c1-12-9-16(23)17(18(24)25-11-13-5-4-8-20-10-13)21-22(12)15-7-3-2-6-14(15)19/h2-10H,11H2,1H3. The number of esters is 1. The van der Waals surface area contributed by atoms with Crippen molar-refractivity contribution in [3.63, 3.8) is 0 Å². The van der Waals surface area contributed by atoms with Gasteiger partial charge in [0.2, 0.25) is 11.1 Å². The van der Waals surface area contributed by atoms with Gasteiger partial charge < -0.3 is 4.74 Å². The minimum absolute atomic E-state index is 0.0403. The zero-order valence-corrected chi connectivity index (χ0v) is 13.3. The lowest BCUT2D eigenvalue weighted by Gasteiger charge is -2.11. The molecule has 1 aromatic carbocycles. The molecule has 126 valence electrons. The van der Waals surface area contributed by atoms with Gasteiger partial charge in [0.25, 0.3) is 0 Å². The second kappa shape index (κ2) is 7.04. The Morgan fingerprint density at radius 2 is 2.04 bits per heavy atom. The van der Waals surface area contributed by atoms with Crippen molar-refractivity contribution in [1.29, 1.82) is 0 Å². The molecule has 0 fully saturated rings. The number of carbonyl (C=O) groups excluding carboxylic acids is 1. The zero-order valence-electron chi connectivity index (χ0n) is 13.3. The summed E-state index contributed by atoms with van der Waals surface area (Å²) in [4.78, 5) is 28.2. The van der Waals surface area contributed by atoms with Gasteiger partial charge in [0, 0.05) is 29.7 Å². The average Bonchev–Trinajstić information content (AvgIpc) is 2.61. The van der Waals surface area contributed by atoms with Gasteiger partial charge in [-0.25, -0.2) is 13.9 Å². The van der Waals surface area contributed by atoms with Crippen molar-refractivity contribution in [2.45, 2.75) is 13.5 Å². The maximum Gasteiger partial charge on any atom is 0.363 e. The summed E-state index contributed by atoms with van der Waals surface area (Å²) in [5.74, 6) is -1.39. The Bertz CT molecular complexity index is 971. The highest BCUT2D eigenvalue weighted by atomic mass is 19.1. The second-order valence-corrected chi connectivity index (χ2v) is 5.30. The summed E-state index contributed by atoms with van der Waals surface area (Å²) >= 11 is 0. The van der Waals surface area contributed by atoms with Crippen LogP contribution in [0.1, 0.15) is 21.7 Å². The first-order chi connectivity index (χ1) is 12.1. The molecule has 0 radical (unpaired) electrons. The third-order valence-electron chi connectivity index (χ3n) is 3.47. The Morgan fingerprint density at radius 3 is 2.76 bits per heavy atom. The van der Waals surface area contributed by atoms with Crippen LogP contribution in [0.5, 0.6) is 0 Å². The van der Waals surface area contributed by atoms with Gasteiger partial charge in [-0.1, -0.05) is 18.2 Å². The molecule has 7 heteroatoms. The molecular weight excluding hydrogens is 325 g/mol. The third-order valence-corrected chi connectivity index (χ3v) is 3.47. The van der Waals surface area contributed by atoms with E-state index in [1.807, 2.05) is 0 Å². The molecule has 3 rings (SSSR count). The van der Waals surface area contributed by atoms with Crippen molar-refractivity contribution in [2.75, 3.05) is 0 Å². The molecule has 0 aliphatic rings. The predicted molar refractivity (Wildman–Crippen MR) is 87.9 cm³/mol. The minimum atomic E-state index is -0.876. The molecule has 0 unspecified atom stereocenters. The summed E-state index contributed by atoms with van der Waals surface area (Å²) in [6.45, 7) is 1.56. The summed E-state index contributed by atoms with van der Waals surface area (Å²) in [6, 6.07) is 10.6.